The van der Waals surface area contributed by atoms with Crippen molar-refractivity contribution in [2.24, 2.45) is 0 Å². The topological polar surface area (TPSA) is 70.4 Å². The summed E-state index contributed by atoms with van der Waals surface area (Å²) in [5.41, 5.74) is -0.555. The maximum absolute atomic E-state index is 13.3. The van der Waals surface area contributed by atoms with Crippen LogP contribution in [0.1, 0.15) is 17.3 Å². The van der Waals surface area contributed by atoms with Crippen LogP contribution in [0.15, 0.2) is 30.2 Å². The molecule has 0 N–H and O–H groups in total. The highest BCUT2D eigenvalue weighted by molar-refractivity contribution is 9.10. The lowest BCUT2D eigenvalue weighted by Crippen LogP contribution is -2.18. The summed E-state index contributed by atoms with van der Waals surface area (Å²) >= 11 is 2.81. The molecule has 3 rings (SSSR count). The first kappa shape index (κ1) is 19.3. The van der Waals surface area contributed by atoms with Crippen molar-refractivity contribution in [2.75, 3.05) is 0 Å². The van der Waals surface area contributed by atoms with Crippen LogP contribution in [0.2, 0.25) is 0 Å². The van der Waals surface area contributed by atoms with Crippen molar-refractivity contribution in [3.63, 3.8) is 0 Å². The van der Waals surface area contributed by atoms with E-state index in [1.807, 2.05) is 0 Å². The van der Waals surface area contributed by atoms with Gasteiger partial charge in [-0.25, -0.2) is 9.78 Å². The quantitative estimate of drug-likeness (QED) is 0.533. The predicted octanol–water partition coefficient (Wildman–Crippen LogP) is 4.62. The molecule has 27 heavy (non-hydrogen) atoms. The number of rotatable bonds is 3. The average Bonchev–Trinajstić information content (AvgIpc) is 2.98. The summed E-state index contributed by atoms with van der Waals surface area (Å²) in [6, 6.07) is 1.71. The molecule has 0 fully saturated rings. The lowest BCUT2D eigenvalue weighted by atomic mass is 10.3. The maximum atomic E-state index is 13.3. The second kappa shape index (κ2) is 6.32. The molecule has 3 aromatic rings. The molecule has 0 atom stereocenters. The number of imidazole rings is 1. The third-order valence-corrected chi connectivity index (χ3v) is 4.04. The van der Waals surface area contributed by atoms with Gasteiger partial charge in [-0.05, 0) is 28.9 Å². The third kappa shape index (κ3) is 3.96. The van der Waals surface area contributed by atoms with Crippen LogP contribution in [0.5, 0.6) is 5.75 Å². The minimum atomic E-state index is -5.05. The largest absolute Gasteiger partial charge is 0.573 e. The Kier molecular flexibility index (Phi) is 4.52. The van der Waals surface area contributed by atoms with Gasteiger partial charge in [-0.1, -0.05) is 0 Å². The molecule has 1 aromatic carbocycles. The number of nitrogens with zero attached hydrogens (tertiary/aromatic N) is 2. The molecule has 0 unspecified atom stereocenters. The fourth-order valence-corrected chi connectivity index (χ4v) is 2.78. The van der Waals surface area contributed by atoms with E-state index in [0.717, 1.165) is 12.1 Å². The average molecular weight is 461 g/mol. The monoisotopic (exact) mass is 460 g/mol. The first-order chi connectivity index (χ1) is 12.3. The Bertz CT molecular complexity index is 1060. The minimum absolute atomic E-state index is 0.0705. The molecule has 2 aromatic heterocycles. The van der Waals surface area contributed by atoms with Crippen LogP contribution in [-0.2, 0) is 12.7 Å². The second-order valence-corrected chi connectivity index (χ2v) is 6.13. The van der Waals surface area contributed by atoms with Gasteiger partial charge < -0.3 is 18.1 Å². The van der Waals surface area contributed by atoms with Gasteiger partial charge in [0.05, 0.1) is 22.1 Å². The molecule has 0 bridgehead atoms. The zero-order valence-corrected chi connectivity index (χ0v) is 14.6. The molecule has 13 heteroatoms. The van der Waals surface area contributed by atoms with E-state index in [1.165, 1.54) is 6.92 Å². The number of alkyl halides is 6. The van der Waals surface area contributed by atoms with E-state index in [9.17, 15) is 31.1 Å². The zero-order valence-electron chi connectivity index (χ0n) is 13.0. The molecule has 0 spiro atoms. The molecular weight excluding hydrogens is 454 g/mol. The molecule has 0 saturated heterocycles. The van der Waals surface area contributed by atoms with E-state index in [2.05, 4.69) is 34.5 Å². The minimum Gasteiger partial charge on any atom is -0.405 e. The predicted molar refractivity (Wildman–Crippen MR) is 80.2 cm³/mol. The van der Waals surface area contributed by atoms with Gasteiger partial charge >= 0.3 is 18.4 Å². The van der Waals surface area contributed by atoms with E-state index < -0.39 is 36.5 Å². The SMILES string of the molecule is Cc1oc(=O)oc1Cn1c(C(F)(F)F)nc2cc(Br)c(OC(F)(F)F)cc21. The van der Waals surface area contributed by atoms with Crippen LogP contribution in [0.4, 0.5) is 26.3 Å². The second-order valence-electron chi connectivity index (χ2n) is 5.27. The third-order valence-electron chi connectivity index (χ3n) is 3.42. The van der Waals surface area contributed by atoms with Crippen molar-refractivity contribution in [3.05, 3.63) is 44.6 Å². The fraction of sp³-hybridized carbons (Fsp3) is 0.286. The highest BCUT2D eigenvalue weighted by Gasteiger charge is 2.39. The Balaban J connectivity index is 2.22. The van der Waals surface area contributed by atoms with Crippen molar-refractivity contribution in [1.82, 2.24) is 9.55 Å². The molecule has 6 nitrogen and oxygen atoms in total. The Morgan fingerprint density at radius 3 is 2.37 bits per heavy atom. The number of hydrogen-bond donors (Lipinski definition) is 0. The van der Waals surface area contributed by atoms with Gasteiger partial charge in [0.2, 0.25) is 5.82 Å². The number of fused-ring (bicyclic) bond motifs is 1. The van der Waals surface area contributed by atoms with Crippen LogP contribution in [0.3, 0.4) is 0 Å². The van der Waals surface area contributed by atoms with Crippen LogP contribution < -0.4 is 10.6 Å². The molecule has 146 valence electrons. The van der Waals surface area contributed by atoms with Crippen LogP contribution >= 0.6 is 15.9 Å². The van der Waals surface area contributed by atoms with Gasteiger partial charge in [-0.2, -0.15) is 13.2 Å². The molecule has 0 radical (unpaired) electrons. The molecule has 0 aliphatic heterocycles. The maximum Gasteiger partial charge on any atom is 0.573 e. The molecule has 0 amide bonds. The summed E-state index contributed by atoms with van der Waals surface area (Å²) in [5.74, 6) is -3.57. The van der Waals surface area contributed by atoms with Gasteiger partial charge in [0, 0.05) is 6.07 Å². The number of halogens is 7. The smallest absolute Gasteiger partial charge is 0.405 e. The van der Waals surface area contributed by atoms with Crippen molar-refractivity contribution >= 4 is 27.0 Å². The lowest BCUT2D eigenvalue weighted by Gasteiger charge is -2.12. The molecule has 2 heterocycles. The number of hydrogen-bond acceptors (Lipinski definition) is 5. The van der Waals surface area contributed by atoms with Gasteiger partial charge in [-0.3, -0.25) is 0 Å². The highest BCUT2D eigenvalue weighted by Crippen LogP contribution is 2.38. The molecular formula is C14H7BrF6N2O4. The number of aryl methyl sites for hydroxylation is 1. The lowest BCUT2D eigenvalue weighted by molar-refractivity contribution is -0.274. The fourth-order valence-electron chi connectivity index (χ4n) is 2.37. The first-order valence-electron chi connectivity index (χ1n) is 6.97. The van der Waals surface area contributed by atoms with Crippen LogP contribution in [-0.4, -0.2) is 15.9 Å². The van der Waals surface area contributed by atoms with Crippen molar-refractivity contribution in [3.8, 4) is 5.75 Å². The van der Waals surface area contributed by atoms with E-state index in [-0.39, 0.29) is 27.0 Å². The highest BCUT2D eigenvalue weighted by atomic mass is 79.9. The summed E-state index contributed by atoms with van der Waals surface area (Å²) < 4.78 is 91.0. The standard InChI is InChI=1S/C14H7BrF6N2O4/c1-5-10(26-12(24)25-5)4-23-8-3-9(27-14(19,20)21)6(15)2-7(8)22-11(23)13(16,17)18/h2-3H,4H2,1H3. The number of benzene rings is 1. The molecule has 0 aliphatic carbocycles. The van der Waals surface area contributed by atoms with Gasteiger partial charge in [-0.15, -0.1) is 13.2 Å². The Hall–Kier alpha value is -2.44. The van der Waals surface area contributed by atoms with Crippen molar-refractivity contribution < 1.29 is 39.9 Å². The van der Waals surface area contributed by atoms with Gasteiger partial charge in [0.15, 0.2) is 5.76 Å². The number of ether oxygens (including phenoxy) is 1. The summed E-state index contributed by atoms with van der Waals surface area (Å²) in [6.07, 6.45) is -9.98. The summed E-state index contributed by atoms with van der Waals surface area (Å²) in [4.78, 5) is 14.5. The molecule has 0 saturated carbocycles. The Labute approximate surface area is 153 Å². The Morgan fingerprint density at radius 2 is 1.85 bits per heavy atom. The van der Waals surface area contributed by atoms with E-state index in [4.69, 9.17) is 0 Å². The normalized spacial score (nSPS) is 12.7. The van der Waals surface area contributed by atoms with E-state index in [0.29, 0.717) is 4.57 Å². The first-order valence-corrected chi connectivity index (χ1v) is 7.76. The zero-order chi connectivity index (χ0) is 20.1. The summed E-state index contributed by atoms with van der Waals surface area (Å²) in [5, 5.41) is 0. The molecule has 0 aliphatic rings. The van der Waals surface area contributed by atoms with Crippen molar-refractivity contribution in [1.29, 1.82) is 0 Å². The van der Waals surface area contributed by atoms with Crippen LogP contribution in [0.25, 0.3) is 11.0 Å². The summed E-state index contributed by atoms with van der Waals surface area (Å²) in [7, 11) is 0. The van der Waals surface area contributed by atoms with Crippen LogP contribution in [0, 0.1) is 6.92 Å². The van der Waals surface area contributed by atoms with E-state index >= 15 is 0 Å². The van der Waals surface area contributed by atoms with Crippen molar-refractivity contribution in [2.45, 2.75) is 26.0 Å². The summed E-state index contributed by atoms with van der Waals surface area (Å²) in [6.45, 7) is 0.650. The van der Waals surface area contributed by atoms with E-state index in [1.54, 1.807) is 0 Å². The number of aromatic nitrogens is 2. The Morgan fingerprint density at radius 1 is 1.19 bits per heavy atom. The van der Waals surface area contributed by atoms with Gasteiger partial charge in [0.1, 0.15) is 11.5 Å². The van der Waals surface area contributed by atoms with Gasteiger partial charge in [0.25, 0.3) is 0 Å².